The summed E-state index contributed by atoms with van der Waals surface area (Å²) < 4.78 is 5.86. The number of ether oxygens (including phenoxy) is 1. The van der Waals surface area contributed by atoms with Gasteiger partial charge in [-0.3, -0.25) is 4.79 Å². The van der Waals surface area contributed by atoms with E-state index >= 15 is 0 Å². The van der Waals surface area contributed by atoms with Crippen LogP contribution in [0.15, 0.2) is 66.2 Å². The first kappa shape index (κ1) is 18.7. The summed E-state index contributed by atoms with van der Waals surface area (Å²) in [6.07, 6.45) is 1.24. The number of thioether (sulfide) groups is 2. The molecule has 0 amide bonds. The van der Waals surface area contributed by atoms with E-state index in [1.807, 2.05) is 42.6 Å². The number of allylic oxidation sites excluding steroid dienone is 1. The molecule has 1 aliphatic carbocycles. The highest BCUT2D eigenvalue weighted by atomic mass is 32.2. The van der Waals surface area contributed by atoms with E-state index in [0.29, 0.717) is 11.2 Å². The zero-order chi connectivity index (χ0) is 18.6. The van der Waals surface area contributed by atoms with Crippen molar-refractivity contribution in [2.75, 3.05) is 18.1 Å². The molecule has 0 unspecified atom stereocenters. The van der Waals surface area contributed by atoms with E-state index < -0.39 is 0 Å². The fourth-order valence-electron chi connectivity index (χ4n) is 4.02. The van der Waals surface area contributed by atoms with E-state index in [-0.39, 0.29) is 17.8 Å². The second-order valence-corrected chi connectivity index (χ2v) is 9.50. The van der Waals surface area contributed by atoms with E-state index in [4.69, 9.17) is 4.74 Å². The van der Waals surface area contributed by atoms with E-state index in [0.717, 1.165) is 11.5 Å². The Kier molecular flexibility index (Phi) is 5.94. The van der Waals surface area contributed by atoms with Crippen molar-refractivity contribution in [2.24, 2.45) is 5.92 Å². The fourth-order valence-corrected chi connectivity index (χ4v) is 7.12. The number of benzene rings is 2. The van der Waals surface area contributed by atoms with Crippen LogP contribution in [0.3, 0.4) is 0 Å². The van der Waals surface area contributed by atoms with Crippen molar-refractivity contribution in [1.29, 1.82) is 0 Å². The Morgan fingerprint density at radius 3 is 2.26 bits per heavy atom. The van der Waals surface area contributed by atoms with Crippen molar-refractivity contribution >= 4 is 35.1 Å². The zero-order valence-electron chi connectivity index (χ0n) is 15.5. The minimum atomic E-state index is -0.175. The topological polar surface area (TPSA) is 26.3 Å². The van der Waals surface area contributed by atoms with Gasteiger partial charge >= 0.3 is 5.97 Å². The third-order valence-electron chi connectivity index (χ3n) is 5.16. The number of carbonyl (C=O) groups is 1. The summed E-state index contributed by atoms with van der Waals surface area (Å²) >= 11 is 3.96. The molecule has 0 spiro atoms. The second kappa shape index (κ2) is 8.57. The molecule has 2 aromatic carbocycles. The minimum Gasteiger partial charge on any atom is -0.466 e. The molecule has 0 N–H and O–H groups in total. The van der Waals surface area contributed by atoms with E-state index in [2.05, 4.69) is 48.5 Å². The van der Waals surface area contributed by atoms with Gasteiger partial charge in [0.15, 0.2) is 0 Å². The average Bonchev–Trinajstić information content (AvgIpc) is 2.70. The lowest BCUT2D eigenvalue weighted by molar-refractivity contribution is -0.147. The second-order valence-electron chi connectivity index (χ2n) is 6.78. The smallest absolute Gasteiger partial charge is 0.314 e. The molecule has 1 aliphatic heterocycles. The van der Waals surface area contributed by atoms with Gasteiger partial charge in [-0.2, -0.15) is 0 Å². The van der Waals surface area contributed by atoms with Crippen molar-refractivity contribution in [2.45, 2.75) is 23.8 Å². The third kappa shape index (κ3) is 3.70. The first-order valence-corrected chi connectivity index (χ1v) is 11.6. The van der Waals surface area contributed by atoms with Gasteiger partial charge in [-0.25, -0.2) is 0 Å². The molecular weight excluding hydrogens is 372 g/mol. The molecule has 4 rings (SSSR count). The van der Waals surface area contributed by atoms with Gasteiger partial charge in [0.1, 0.15) is 0 Å². The molecule has 0 aromatic heterocycles. The predicted molar refractivity (Wildman–Crippen MR) is 116 cm³/mol. The number of esters is 1. The maximum atomic E-state index is 13.0. The van der Waals surface area contributed by atoms with Crippen LogP contribution in [0.1, 0.15) is 30.4 Å². The van der Waals surface area contributed by atoms with Crippen LogP contribution in [-0.4, -0.2) is 28.7 Å². The molecule has 140 valence electrons. The highest BCUT2D eigenvalue weighted by Crippen LogP contribution is 2.58. The van der Waals surface area contributed by atoms with Gasteiger partial charge in [0.25, 0.3) is 0 Å². The largest absolute Gasteiger partial charge is 0.466 e. The summed E-state index contributed by atoms with van der Waals surface area (Å²) in [5.74, 6) is 2.15. The van der Waals surface area contributed by atoms with Crippen LogP contribution >= 0.6 is 23.5 Å². The molecule has 0 radical (unpaired) electrons. The number of rotatable bonds is 5. The minimum absolute atomic E-state index is 0.0748. The van der Waals surface area contributed by atoms with Crippen molar-refractivity contribution < 1.29 is 9.53 Å². The number of hydrogen-bond acceptors (Lipinski definition) is 4. The summed E-state index contributed by atoms with van der Waals surface area (Å²) in [6.45, 7) is 2.31. The summed E-state index contributed by atoms with van der Waals surface area (Å²) in [7, 11) is 0. The Balaban J connectivity index is 1.83. The van der Waals surface area contributed by atoms with Crippen molar-refractivity contribution in [3.05, 3.63) is 77.4 Å². The molecule has 2 nitrogen and oxygen atoms in total. The van der Waals surface area contributed by atoms with Crippen LogP contribution in [0.5, 0.6) is 0 Å². The van der Waals surface area contributed by atoms with Gasteiger partial charge < -0.3 is 4.74 Å². The molecule has 2 atom stereocenters. The Bertz CT molecular complexity index is 811. The normalized spacial score (nSPS) is 23.0. The molecule has 4 heteroatoms. The first-order valence-electron chi connectivity index (χ1n) is 9.55. The van der Waals surface area contributed by atoms with E-state index in [9.17, 15) is 4.79 Å². The summed E-state index contributed by atoms with van der Waals surface area (Å²) in [5, 5.41) is 0. The molecule has 1 fully saturated rings. The first-order chi connectivity index (χ1) is 13.3. The van der Waals surface area contributed by atoms with Crippen LogP contribution < -0.4 is 0 Å². The summed E-state index contributed by atoms with van der Waals surface area (Å²) in [5.41, 5.74) is 5.03. The summed E-state index contributed by atoms with van der Waals surface area (Å²) in [6, 6.07) is 21.0. The Morgan fingerprint density at radius 2 is 1.63 bits per heavy atom. The maximum absolute atomic E-state index is 13.0. The number of carbonyl (C=O) groups excluding carboxylic acids is 1. The van der Waals surface area contributed by atoms with Crippen LogP contribution in [0.4, 0.5) is 0 Å². The third-order valence-corrected chi connectivity index (χ3v) is 8.13. The van der Waals surface area contributed by atoms with Crippen LogP contribution in [-0.2, 0) is 9.53 Å². The lowest BCUT2D eigenvalue weighted by Gasteiger charge is -2.45. The average molecular weight is 397 g/mol. The highest BCUT2D eigenvalue weighted by molar-refractivity contribution is 8.17. The molecule has 1 saturated heterocycles. The Morgan fingerprint density at radius 1 is 1.00 bits per heavy atom. The molecule has 27 heavy (non-hydrogen) atoms. The molecule has 2 aromatic rings. The fraction of sp³-hybridized carbons (Fsp3) is 0.348. The van der Waals surface area contributed by atoms with E-state index in [1.165, 1.54) is 28.7 Å². The molecule has 0 saturated carbocycles. The van der Waals surface area contributed by atoms with Gasteiger partial charge in [-0.15, -0.1) is 23.5 Å². The van der Waals surface area contributed by atoms with Crippen LogP contribution in [0.2, 0.25) is 0 Å². The quantitative estimate of drug-likeness (QED) is 0.613. The Hall–Kier alpha value is -1.65. The monoisotopic (exact) mass is 396 g/mol. The van der Waals surface area contributed by atoms with Crippen LogP contribution in [0.25, 0.3) is 5.57 Å². The standard InChI is InChI=1S/C23H24O2S2/c1-2-25-22(24)20-18(16-10-5-3-6-11-16)19(17-12-7-4-8-13-17)21(20)23-26-14-9-15-27-23/h3-8,10-13,18,20,23H,2,9,14-15H2,1H3/t18-,20+/m1/s1. The number of hydrogen-bond donors (Lipinski definition) is 0. The Labute approximate surface area is 169 Å². The molecular formula is C23H24O2S2. The van der Waals surface area contributed by atoms with Crippen molar-refractivity contribution in [3.8, 4) is 0 Å². The lowest BCUT2D eigenvalue weighted by Crippen LogP contribution is -2.39. The molecule has 0 bridgehead atoms. The SMILES string of the molecule is CCOC(=O)[C@@H]1C(C2SCCCS2)=C(c2ccccc2)[C@H]1c1ccccc1. The maximum Gasteiger partial charge on any atom is 0.314 e. The van der Waals surface area contributed by atoms with Gasteiger partial charge in [0.05, 0.1) is 17.1 Å². The van der Waals surface area contributed by atoms with E-state index in [1.54, 1.807) is 0 Å². The molecule has 1 heterocycles. The van der Waals surface area contributed by atoms with Crippen LogP contribution in [0, 0.1) is 5.92 Å². The van der Waals surface area contributed by atoms with Crippen molar-refractivity contribution in [1.82, 2.24) is 0 Å². The van der Waals surface area contributed by atoms with Gasteiger partial charge in [0, 0.05) is 5.92 Å². The summed E-state index contributed by atoms with van der Waals surface area (Å²) in [4.78, 5) is 13.0. The molecule has 2 aliphatic rings. The van der Waals surface area contributed by atoms with Crippen molar-refractivity contribution in [3.63, 3.8) is 0 Å². The lowest BCUT2D eigenvalue weighted by atomic mass is 9.63. The highest BCUT2D eigenvalue weighted by Gasteiger charge is 2.49. The van der Waals surface area contributed by atoms with Gasteiger partial charge in [-0.05, 0) is 47.1 Å². The zero-order valence-corrected chi connectivity index (χ0v) is 17.1. The van der Waals surface area contributed by atoms with Gasteiger partial charge in [0.2, 0.25) is 0 Å². The van der Waals surface area contributed by atoms with Gasteiger partial charge in [-0.1, -0.05) is 60.7 Å². The predicted octanol–water partition coefficient (Wildman–Crippen LogP) is 5.61.